The quantitative estimate of drug-likeness (QED) is 0.870. The van der Waals surface area contributed by atoms with Gasteiger partial charge < -0.3 is 9.73 Å². The number of hydrogen-bond donors (Lipinski definition) is 1. The second-order valence-corrected chi connectivity index (χ2v) is 5.09. The van der Waals surface area contributed by atoms with Gasteiger partial charge in [0.25, 0.3) is 0 Å². The monoisotopic (exact) mass is 257 g/mol. The van der Waals surface area contributed by atoms with Gasteiger partial charge in [-0.25, -0.2) is 0 Å². The van der Waals surface area contributed by atoms with E-state index in [9.17, 15) is 0 Å². The summed E-state index contributed by atoms with van der Waals surface area (Å²) in [7, 11) is 2.00. The van der Waals surface area contributed by atoms with E-state index in [1.807, 2.05) is 20.9 Å². The molecule has 1 heterocycles. The highest BCUT2D eigenvalue weighted by molar-refractivity contribution is 5.36. The van der Waals surface area contributed by atoms with Gasteiger partial charge in [-0.05, 0) is 44.5 Å². The first-order valence-electron chi connectivity index (χ1n) is 6.98. The molecule has 0 aliphatic rings. The topological polar surface area (TPSA) is 25.2 Å². The lowest BCUT2D eigenvalue weighted by Gasteiger charge is -2.17. The molecule has 2 heteroatoms. The molecular weight excluding hydrogens is 234 g/mol. The highest BCUT2D eigenvalue weighted by Gasteiger charge is 2.17. The summed E-state index contributed by atoms with van der Waals surface area (Å²) in [6.07, 6.45) is 2.31. The van der Waals surface area contributed by atoms with Crippen LogP contribution in [0.4, 0.5) is 0 Å². The number of benzene rings is 1. The number of aryl methyl sites for hydroxylation is 3. The van der Waals surface area contributed by atoms with Gasteiger partial charge in [-0.3, -0.25) is 0 Å². The summed E-state index contributed by atoms with van der Waals surface area (Å²) in [5, 5.41) is 3.40. The molecule has 1 N–H and O–H groups in total. The van der Waals surface area contributed by atoms with Gasteiger partial charge >= 0.3 is 0 Å². The summed E-state index contributed by atoms with van der Waals surface area (Å²) >= 11 is 0. The summed E-state index contributed by atoms with van der Waals surface area (Å²) in [6, 6.07) is 11.2. The first-order chi connectivity index (χ1) is 9.15. The van der Waals surface area contributed by atoms with Crippen molar-refractivity contribution in [3.63, 3.8) is 0 Å². The fourth-order valence-electron chi connectivity index (χ4n) is 2.66. The van der Waals surface area contributed by atoms with E-state index in [0.717, 1.165) is 17.9 Å². The van der Waals surface area contributed by atoms with Gasteiger partial charge in [0.05, 0.1) is 6.04 Å². The van der Waals surface area contributed by atoms with Crippen LogP contribution in [-0.2, 0) is 6.42 Å². The summed E-state index contributed by atoms with van der Waals surface area (Å²) in [5.41, 5.74) is 3.93. The summed E-state index contributed by atoms with van der Waals surface area (Å²) in [5.74, 6) is 1.97. The lowest BCUT2D eigenvalue weighted by atomic mass is 9.96. The normalized spacial score (nSPS) is 12.6. The molecule has 0 saturated carbocycles. The Hall–Kier alpha value is -1.54. The Labute approximate surface area is 115 Å². The third-order valence-corrected chi connectivity index (χ3v) is 3.50. The SMILES string of the molecule is CCCc1cccc(C(NC)c2cc(C)oc2C)c1. The lowest BCUT2D eigenvalue weighted by molar-refractivity contribution is 0.497. The van der Waals surface area contributed by atoms with Crippen LogP contribution in [0, 0.1) is 13.8 Å². The van der Waals surface area contributed by atoms with Crippen LogP contribution in [0.25, 0.3) is 0 Å². The Morgan fingerprint density at radius 3 is 2.58 bits per heavy atom. The van der Waals surface area contributed by atoms with Crippen molar-refractivity contribution in [3.05, 3.63) is 58.5 Å². The predicted octanol–water partition coefficient (Wildman–Crippen LogP) is 4.16. The van der Waals surface area contributed by atoms with Crippen molar-refractivity contribution >= 4 is 0 Å². The van der Waals surface area contributed by atoms with Crippen LogP contribution in [-0.4, -0.2) is 7.05 Å². The molecule has 1 aromatic heterocycles. The number of hydrogen-bond acceptors (Lipinski definition) is 2. The van der Waals surface area contributed by atoms with Crippen LogP contribution in [0.3, 0.4) is 0 Å². The molecule has 0 bridgehead atoms. The maximum absolute atomic E-state index is 5.66. The van der Waals surface area contributed by atoms with Crippen molar-refractivity contribution < 1.29 is 4.42 Å². The largest absolute Gasteiger partial charge is 0.466 e. The second-order valence-electron chi connectivity index (χ2n) is 5.09. The van der Waals surface area contributed by atoms with Gasteiger partial charge in [0.2, 0.25) is 0 Å². The van der Waals surface area contributed by atoms with Gasteiger partial charge in [0.1, 0.15) is 11.5 Å². The van der Waals surface area contributed by atoms with Gasteiger partial charge in [-0.2, -0.15) is 0 Å². The van der Waals surface area contributed by atoms with Crippen LogP contribution < -0.4 is 5.32 Å². The Morgan fingerprint density at radius 1 is 1.21 bits per heavy atom. The van der Waals surface area contributed by atoms with E-state index in [1.165, 1.54) is 23.1 Å². The van der Waals surface area contributed by atoms with E-state index >= 15 is 0 Å². The summed E-state index contributed by atoms with van der Waals surface area (Å²) in [4.78, 5) is 0. The first kappa shape index (κ1) is 13.9. The fraction of sp³-hybridized carbons (Fsp3) is 0.412. The first-order valence-corrected chi connectivity index (χ1v) is 6.98. The maximum Gasteiger partial charge on any atom is 0.106 e. The molecule has 19 heavy (non-hydrogen) atoms. The molecule has 0 saturated heterocycles. The van der Waals surface area contributed by atoms with Gasteiger partial charge in [0.15, 0.2) is 0 Å². The van der Waals surface area contributed by atoms with Crippen LogP contribution >= 0.6 is 0 Å². The van der Waals surface area contributed by atoms with E-state index in [-0.39, 0.29) is 6.04 Å². The molecule has 1 unspecified atom stereocenters. The van der Waals surface area contributed by atoms with Gasteiger partial charge in [-0.15, -0.1) is 0 Å². The lowest BCUT2D eigenvalue weighted by Crippen LogP contribution is -2.18. The summed E-state index contributed by atoms with van der Waals surface area (Å²) < 4.78 is 5.66. The van der Waals surface area contributed by atoms with Crippen molar-refractivity contribution in [3.8, 4) is 0 Å². The molecule has 0 radical (unpaired) electrons. The van der Waals surface area contributed by atoms with Crippen LogP contribution in [0.1, 0.15) is 47.6 Å². The number of furan rings is 1. The smallest absolute Gasteiger partial charge is 0.106 e. The van der Waals surface area contributed by atoms with E-state index in [2.05, 4.69) is 42.6 Å². The van der Waals surface area contributed by atoms with Crippen LogP contribution in [0.2, 0.25) is 0 Å². The molecule has 2 rings (SSSR count). The molecule has 1 atom stereocenters. The standard InChI is InChI=1S/C17H23NO/c1-5-7-14-8-6-9-15(11-14)17(18-4)16-10-12(2)19-13(16)3/h6,8-11,17-18H,5,7H2,1-4H3. The molecule has 2 nitrogen and oxygen atoms in total. The van der Waals surface area contributed by atoms with Crippen LogP contribution in [0.15, 0.2) is 34.7 Å². The highest BCUT2D eigenvalue weighted by Crippen LogP contribution is 2.27. The van der Waals surface area contributed by atoms with Crippen molar-refractivity contribution in [2.24, 2.45) is 0 Å². The molecule has 0 fully saturated rings. The average molecular weight is 257 g/mol. The second kappa shape index (κ2) is 6.07. The molecule has 2 aromatic rings. The van der Waals surface area contributed by atoms with Crippen LogP contribution in [0.5, 0.6) is 0 Å². The molecule has 0 amide bonds. The zero-order valence-corrected chi connectivity index (χ0v) is 12.3. The number of nitrogens with one attached hydrogen (secondary N) is 1. The predicted molar refractivity (Wildman–Crippen MR) is 79.5 cm³/mol. The third kappa shape index (κ3) is 3.07. The Balaban J connectivity index is 2.36. The Bertz CT molecular complexity index is 542. The minimum absolute atomic E-state index is 0.203. The van der Waals surface area contributed by atoms with Crippen molar-refractivity contribution in [2.75, 3.05) is 7.05 Å². The van der Waals surface area contributed by atoms with Crippen molar-refractivity contribution in [1.29, 1.82) is 0 Å². The number of rotatable bonds is 5. The molecule has 1 aromatic carbocycles. The Kier molecular flexibility index (Phi) is 4.43. The zero-order chi connectivity index (χ0) is 13.8. The van der Waals surface area contributed by atoms with E-state index in [4.69, 9.17) is 4.42 Å². The molecular formula is C17H23NO. The third-order valence-electron chi connectivity index (χ3n) is 3.50. The van der Waals surface area contributed by atoms with E-state index in [1.54, 1.807) is 0 Å². The highest BCUT2D eigenvalue weighted by atomic mass is 16.3. The molecule has 0 aliphatic heterocycles. The van der Waals surface area contributed by atoms with Gasteiger partial charge in [-0.1, -0.05) is 37.6 Å². The van der Waals surface area contributed by atoms with Crippen molar-refractivity contribution in [1.82, 2.24) is 5.32 Å². The van der Waals surface area contributed by atoms with E-state index in [0.29, 0.717) is 0 Å². The van der Waals surface area contributed by atoms with Crippen molar-refractivity contribution in [2.45, 2.75) is 39.7 Å². The molecule has 102 valence electrons. The maximum atomic E-state index is 5.66. The molecule has 0 aliphatic carbocycles. The molecule has 0 spiro atoms. The summed E-state index contributed by atoms with van der Waals surface area (Å²) in [6.45, 7) is 6.24. The fourth-order valence-corrected chi connectivity index (χ4v) is 2.66. The van der Waals surface area contributed by atoms with E-state index < -0.39 is 0 Å². The minimum atomic E-state index is 0.203. The Morgan fingerprint density at radius 2 is 2.00 bits per heavy atom. The zero-order valence-electron chi connectivity index (χ0n) is 12.3. The van der Waals surface area contributed by atoms with Gasteiger partial charge in [0, 0.05) is 5.56 Å². The average Bonchev–Trinajstić information content (AvgIpc) is 2.71. The minimum Gasteiger partial charge on any atom is -0.466 e.